The van der Waals surface area contributed by atoms with Gasteiger partial charge in [0.1, 0.15) is 5.82 Å². The molecule has 3 heterocycles. The van der Waals surface area contributed by atoms with E-state index in [0.29, 0.717) is 17.1 Å². The number of nitrogens with zero attached hydrogens (tertiary/aromatic N) is 5. The molecule has 0 atom stereocenters. The average Bonchev–Trinajstić information content (AvgIpc) is 3.06. The van der Waals surface area contributed by atoms with Crippen molar-refractivity contribution in [3.63, 3.8) is 0 Å². The first kappa shape index (κ1) is 18.8. The number of carbonyl (C=O) groups excluding carboxylic acids is 1. The molecule has 1 amide bonds. The summed E-state index contributed by atoms with van der Waals surface area (Å²) in [5.74, 6) is -1.07. The number of anilines is 2. The summed E-state index contributed by atoms with van der Waals surface area (Å²) in [5, 5.41) is 4.13. The molecule has 0 spiro atoms. The van der Waals surface area contributed by atoms with E-state index >= 15 is 0 Å². The molecule has 0 aromatic carbocycles. The first-order valence-corrected chi connectivity index (χ1v) is 8.15. The largest absolute Gasteiger partial charge is 0.479 e. The molecular formula is C16H19F3N6O2. The zero-order chi connectivity index (χ0) is 19.8. The highest BCUT2D eigenvalue weighted by atomic mass is 19.4. The number of methoxy groups -OCH3 is 1. The van der Waals surface area contributed by atoms with Gasteiger partial charge in [-0.05, 0) is 6.07 Å². The van der Waals surface area contributed by atoms with Gasteiger partial charge in [0.15, 0.2) is 0 Å². The lowest BCUT2D eigenvalue weighted by Crippen LogP contribution is -2.52. The number of piperazine rings is 1. The van der Waals surface area contributed by atoms with Crippen LogP contribution in [0.3, 0.4) is 0 Å². The van der Waals surface area contributed by atoms with Crippen molar-refractivity contribution in [2.45, 2.75) is 6.18 Å². The molecule has 2 aromatic heterocycles. The van der Waals surface area contributed by atoms with Gasteiger partial charge in [-0.3, -0.25) is 9.48 Å². The molecule has 0 radical (unpaired) electrons. The van der Waals surface area contributed by atoms with Gasteiger partial charge in [-0.25, -0.2) is 0 Å². The van der Waals surface area contributed by atoms with E-state index < -0.39 is 12.1 Å². The maximum Gasteiger partial charge on any atom is 0.471 e. The number of nitrogen functional groups attached to an aromatic ring is 1. The third-order valence-electron chi connectivity index (χ3n) is 4.31. The fourth-order valence-corrected chi connectivity index (χ4v) is 2.98. The van der Waals surface area contributed by atoms with E-state index in [9.17, 15) is 18.0 Å². The molecule has 1 fully saturated rings. The highest BCUT2D eigenvalue weighted by molar-refractivity contribution is 5.83. The number of halogens is 3. The van der Waals surface area contributed by atoms with Crippen LogP contribution in [-0.2, 0) is 11.8 Å². The van der Waals surface area contributed by atoms with Crippen molar-refractivity contribution in [3.8, 4) is 17.0 Å². The Labute approximate surface area is 153 Å². The minimum Gasteiger partial charge on any atom is -0.479 e. The molecule has 1 saturated heterocycles. The van der Waals surface area contributed by atoms with Crippen molar-refractivity contribution >= 4 is 17.4 Å². The van der Waals surface area contributed by atoms with Gasteiger partial charge in [0.25, 0.3) is 0 Å². The summed E-state index contributed by atoms with van der Waals surface area (Å²) in [5.41, 5.74) is 7.77. The third kappa shape index (κ3) is 3.76. The minimum atomic E-state index is -4.87. The highest BCUT2D eigenvalue weighted by Crippen LogP contribution is 2.35. The molecule has 2 N–H and O–H groups in total. The second-order valence-electron chi connectivity index (χ2n) is 6.14. The van der Waals surface area contributed by atoms with Gasteiger partial charge < -0.3 is 20.3 Å². The second-order valence-corrected chi connectivity index (χ2v) is 6.14. The van der Waals surface area contributed by atoms with Crippen LogP contribution in [-0.4, -0.2) is 65.0 Å². The Morgan fingerprint density at radius 1 is 1.26 bits per heavy atom. The van der Waals surface area contributed by atoms with Gasteiger partial charge in [0, 0.05) is 50.6 Å². The molecule has 1 aliphatic rings. The lowest BCUT2D eigenvalue weighted by Gasteiger charge is -2.36. The normalized spacial score (nSPS) is 15.1. The van der Waals surface area contributed by atoms with Gasteiger partial charge in [-0.2, -0.15) is 23.3 Å². The number of pyridine rings is 1. The molecule has 0 bridgehead atoms. The number of alkyl halides is 3. The molecular weight excluding hydrogens is 365 g/mol. The molecule has 27 heavy (non-hydrogen) atoms. The fourth-order valence-electron chi connectivity index (χ4n) is 2.98. The summed E-state index contributed by atoms with van der Waals surface area (Å²) >= 11 is 0. The summed E-state index contributed by atoms with van der Waals surface area (Å²) < 4.78 is 44.7. The first-order chi connectivity index (χ1) is 12.7. The molecule has 8 nitrogen and oxygen atoms in total. The summed E-state index contributed by atoms with van der Waals surface area (Å²) in [6.07, 6.45) is -1.43. The Hall–Kier alpha value is -2.98. The van der Waals surface area contributed by atoms with Gasteiger partial charge in [0.2, 0.25) is 5.88 Å². The van der Waals surface area contributed by atoms with Crippen LogP contribution in [0.2, 0.25) is 0 Å². The van der Waals surface area contributed by atoms with E-state index in [2.05, 4.69) is 10.1 Å². The van der Waals surface area contributed by atoms with Gasteiger partial charge in [-0.15, -0.1) is 0 Å². The second kappa shape index (κ2) is 6.97. The fraction of sp³-hybridized carbons (Fsp3) is 0.438. The van der Waals surface area contributed by atoms with Gasteiger partial charge in [0.05, 0.1) is 19.0 Å². The molecule has 1 aliphatic heterocycles. The van der Waals surface area contributed by atoms with Crippen molar-refractivity contribution < 1.29 is 22.7 Å². The van der Waals surface area contributed by atoms with E-state index in [4.69, 9.17) is 10.5 Å². The Kier molecular flexibility index (Phi) is 4.85. The quantitative estimate of drug-likeness (QED) is 0.858. The van der Waals surface area contributed by atoms with Crippen molar-refractivity contribution in [3.05, 3.63) is 18.5 Å². The zero-order valence-electron chi connectivity index (χ0n) is 14.8. The number of hydrogen-bond acceptors (Lipinski definition) is 6. The number of carbonyl (C=O) groups is 1. The Bertz CT molecular complexity index is 843. The maximum atomic E-state index is 12.6. The number of nitrogens with two attached hydrogens (primary N) is 1. The van der Waals surface area contributed by atoms with E-state index in [1.165, 1.54) is 7.11 Å². The van der Waals surface area contributed by atoms with Crippen LogP contribution in [0, 0.1) is 0 Å². The third-order valence-corrected chi connectivity index (χ3v) is 4.31. The smallest absolute Gasteiger partial charge is 0.471 e. The first-order valence-electron chi connectivity index (χ1n) is 8.15. The van der Waals surface area contributed by atoms with Gasteiger partial charge in [-0.1, -0.05) is 0 Å². The topological polar surface area (TPSA) is 89.5 Å². The standard InChI is InChI=1S/C16H19F3N6O2/c1-23-9-10(8-21-23)11-7-12(20)14(27-2)22-13(11)24-3-5-25(6-4-24)15(26)16(17,18)19/h7-9H,3-6,20H2,1-2H3. The number of ether oxygens (including phenoxy) is 1. The molecule has 3 rings (SSSR count). The van der Waals surface area contributed by atoms with Crippen LogP contribution in [0.4, 0.5) is 24.7 Å². The molecule has 0 saturated carbocycles. The SMILES string of the molecule is COc1nc(N2CCN(C(=O)C(F)(F)F)CC2)c(-c2cnn(C)c2)cc1N. The lowest BCUT2D eigenvalue weighted by molar-refractivity contribution is -0.185. The van der Waals surface area contributed by atoms with Crippen LogP contribution in [0.15, 0.2) is 18.5 Å². The van der Waals surface area contributed by atoms with E-state index in [1.807, 2.05) is 4.90 Å². The van der Waals surface area contributed by atoms with Crippen molar-refractivity contribution in [2.24, 2.45) is 7.05 Å². The summed E-state index contributed by atoms with van der Waals surface area (Å²) in [7, 11) is 3.21. The predicted molar refractivity (Wildman–Crippen MR) is 92.3 cm³/mol. The number of amides is 1. The van der Waals surface area contributed by atoms with Crippen LogP contribution < -0.4 is 15.4 Å². The maximum absolute atomic E-state index is 12.6. The average molecular weight is 384 g/mol. The van der Waals surface area contributed by atoms with Crippen molar-refractivity contribution in [1.29, 1.82) is 0 Å². The molecule has 0 aliphatic carbocycles. The minimum absolute atomic E-state index is 0.0564. The summed E-state index contributed by atoms with van der Waals surface area (Å²) in [4.78, 5) is 18.5. The summed E-state index contributed by atoms with van der Waals surface area (Å²) in [6, 6.07) is 1.70. The van der Waals surface area contributed by atoms with Crippen molar-refractivity contribution in [2.75, 3.05) is 43.9 Å². The number of aromatic nitrogens is 3. The molecule has 2 aromatic rings. The monoisotopic (exact) mass is 384 g/mol. The Balaban J connectivity index is 1.89. The number of hydrogen-bond donors (Lipinski definition) is 1. The molecule has 11 heteroatoms. The Morgan fingerprint density at radius 2 is 1.93 bits per heavy atom. The van der Waals surface area contributed by atoms with E-state index in [0.717, 1.165) is 10.5 Å². The zero-order valence-corrected chi connectivity index (χ0v) is 14.8. The highest BCUT2D eigenvalue weighted by Gasteiger charge is 2.43. The Morgan fingerprint density at radius 3 is 2.44 bits per heavy atom. The van der Waals surface area contributed by atoms with Crippen LogP contribution >= 0.6 is 0 Å². The van der Waals surface area contributed by atoms with E-state index in [1.54, 1.807) is 30.2 Å². The summed E-state index contributed by atoms with van der Waals surface area (Å²) in [6.45, 7) is 0.294. The van der Waals surface area contributed by atoms with Crippen LogP contribution in [0.1, 0.15) is 0 Å². The van der Waals surface area contributed by atoms with Crippen molar-refractivity contribution in [1.82, 2.24) is 19.7 Å². The molecule has 0 unspecified atom stereocenters. The van der Waals surface area contributed by atoms with E-state index in [-0.39, 0.29) is 32.1 Å². The number of aryl methyl sites for hydroxylation is 1. The number of rotatable bonds is 3. The van der Waals surface area contributed by atoms with Gasteiger partial charge >= 0.3 is 12.1 Å². The van der Waals surface area contributed by atoms with Crippen LogP contribution in [0.25, 0.3) is 11.1 Å². The lowest BCUT2D eigenvalue weighted by atomic mass is 10.1. The molecule has 146 valence electrons. The van der Waals surface area contributed by atoms with Crippen LogP contribution in [0.5, 0.6) is 5.88 Å². The predicted octanol–water partition coefficient (Wildman–Crippen LogP) is 1.28.